The minimum atomic E-state index is 0.290. The number of hydrogen-bond donors (Lipinski definition) is 1. The van der Waals surface area contributed by atoms with Crippen molar-refractivity contribution in [1.29, 1.82) is 0 Å². The van der Waals surface area contributed by atoms with Gasteiger partial charge in [0, 0.05) is 18.3 Å². The largest absolute Gasteiger partial charge is 0.398 e. The van der Waals surface area contributed by atoms with Gasteiger partial charge in [-0.15, -0.1) is 0 Å². The SMILES string of the molecule is CC(N(C)Cc1ccccc1N)C(C)(C)C. The van der Waals surface area contributed by atoms with Crippen LogP contribution in [0.1, 0.15) is 33.3 Å². The van der Waals surface area contributed by atoms with Crippen LogP contribution in [0.4, 0.5) is 5.69 Å². The van der Waals surface area contributed by atoms with Gasteiger partial charge < -0.3 is 5.73 Å². The summed E-state index contributed by atoms with van der Waals surface area (Å²) in [5, 5.41) is 0. The molecule has 0 radical (unpaired) electrons. The zero-order valence-electron chi connectivity index (χ0n) is 11.1. The summed E-state index contributed by atoms with van der Waals surface area (Å²) in [4.78, 5) is 2.35. The molecule has 1 rings (SSSR count). The van der Waals surface area contributed by atoms with E-state index in [0.29, 0.717) is 6.04 Å². The summed E-state index contributed by atoms with van der Waals surface area (Å²) in [7, 11) is 2.16. The summed E-state index contributed by atoms with van der Waals surface area (Å²) in [5.41, 5.74) is 8.34. The van der Waals surface area contributed by atoms with Crippen LogP contribution in [0.5, 0.6) is 0 Å². The fraction of sp³-hybridized carbons (Fsp3) is 0.571. The molecule has 1 atom stereocenters. The van der Waals surface area contributed by atoms with Crippen molar-refractivity contribution in [3.63, 3.8) is 0 Å². The molecule has 0 aromatic heterocycles. The lowest BCUT2D eigenvalue weighted by Gasteiger charge is -2.35. The van der Waals surface area contributed by atoms with Crippen LogP contribution in [-0.2, 0) is 6.54 Å². The molecule has 0 saturated heterocycles. The van der Waals surface area contributed by atoms with E-state index in [1.54, 1.807) is 0 Å². The lowest BCUT2D eigenvalue weighted by Crippen LogP contribution is -2.38. The topological polar surface area (TPSA) is 29.3 Å². The zero-order valence-corrected chi connectivity index (χ0v) is 11.1. The molecule has 0 saturated carbocycles. The van der Waals surface area contributed by atoms with E-state index in [1.807, 2.05) is 18.2 Å². The van der Waals surface area contributed by atoms with Crippen LogP contribution in [0.25, 0.3) is 0 Å². The van der Waals surface area contributed by atoms with Crippen molar-refractivity contribution in [2.75, 3.05) is 12.8 Å². The minimum Gasteiger partial charge on any atom is -0.398 e. The predicted octanol–water partition coefficient (Wildman–Crippen LogP) is 3.14. The zero-order chi connectivity index (χ0) is 12.3. The Morgan fingerprint density at radius 3 is 2.31 bits per heavy atom. The van der Waals surface area contributed by atoms with E-state index in [2.05, 4.69) is 45.7 Å². The smallest absolute Gasteiger partial charge is 0.0359 e. The summed E-state index contributed by atoms with van der Waals surface area (Å²) in [6, 6.07) is 8.60. The highest BCUT2D eigenvalue weighted by atomic mass is 15.1. The van der Waals surface area contributed by atoms with Crippen LogP contribution in [-0.4, -0.2) is 18.0 Å². The van der Waals surface area contributed by atoms with Crippen molar-refractivity contribution in [2.45, 2.75) is 40.3 Å². The number of nitrogen functional groups attached to an aromatic ring is 1. The third-order valence-corrected chi connectivity index (χ3v) is 3.39. The molecule has 2 heteroatoms. The Balaban J connectivity index is 2.72. The first-order valence-electron chi connectivity index (χ1n) is 5.86. The summed E-state index contributed by atoms with van der Waals surface area (Å²) < 4.78 is 0. The molecule has 0 amide bonds. The van der Waals surface area contributed by atoms with Crippen molar-refractivity contribution in [3.8, 4) is 0 Å². The van der Waals surface area contributed by atoms with Crippen molar-refractivity contribution in [1.82, 2.24) is 4.90 Å². The van der Waals surface area contributed by atoms with Crippen LogP contribution in [0, 0.1) is 5.41 Å². The van der Waals surface area contributed by atoms with Gasteiger partial charge in [0.25, 0.3) is 0 Å². The number of hydrogen-bond acceptors (Lipinski definition) is 2. The van der Waals surface area contributed by atoms with Crippen LogP contribution in [0.3, 0.4) is 0 Å². The predicted molar refractivity (Wildman–Crippen MR) is 71.2 cm³/mol. The van der Waals surface area contributed by atoms with E-state index in [9.17, 15) is 0 Å². The Bertz CT molecular complexity index is 339. The van der Waals surface area contributed by atoms with Crippen molar-refractivity contribution >= 4 is 5.69 Å². The van der Waals surface area contributed by atoms with Gasteiger partial charge in [0.2, 0.25) is 0 Å². The molecular weight excluding hydrogens is 196 g/mol. The maximum absolute atomic E-state index is 5.95. The Morgan fingerprint density at radius 1 is 1.25 bits per heavy atom. The van der Waals surface area contributed by atoms with E-state index in [0.717, 1.165) is 12.2 Å². The molecule has 1 aromatic carbocycles. The first kappa shape index (κ1) is 13.0. The van der Waals surface area contributed by atoms with Gasteiger partial charge in [0.1, 0.15) is 0 Å². The van der Waals surface area contributed by atoms with Gasteiger partial charge in [-0.2, -0.15) is 0 Å². The second-order valence-electron chi connectivity index (χ2n) is 5.66. The van der Waals surface area contributed by atoms with Gasteiger partial charge in [0.05, 0.1) is 0 Å². The molecule has 2 nitrogen and oxygen atoms in total. The van der Waals surface area contributed by atoms with Crippen LogP contribution in [0.2, 0.25) is 0 Å². The molecule has 0 fully saturated rings. The lowest BCUT2D eigenvalue weighted by molar-refractivity contribution is 0.135. The third-order valence-electron chi connectivity index (χ3n) is 3.39. The molecular formula is C14H24N2. The molecule has 0 aliphatic heterocycles. The van der Waals surface area contributed by atoms with E-state index in [1.165, 1.54) is 5.56 Å². The molecule has 0 spiro atoms. The van der Waals surface area contributed by atoms with Crippen molar-refractivity contribution in [3.05, 3.63) is 29.8 Å². The molecule has 1 unspecified atom stereocenters. The number of nitrogens with zero attached hydrogens (tertiary/aromatic N) is 1. The van der Waals surface area contributed by atoms with Gasteiger partial charge in [0.15, 0.2) is 0 Å². The van der Waals surface area contributed by atoms with Gasteiger partial charge in [-0.1, -0.05) is 39.0 Å². The van der Waals surface area contributed by atoms with Gasteiger partial charge in [-0.3, -0.25) is 4.90 Å². The molecule has 2 N–H and O–H groups in total. The number of rotatable bonds is 3. The second kappa shape index (κ2) is 4.88. The Kier molecular flexibility index (Phi) is 3.98. The summed E-state index contributed by atoms with van der Waals surface area (Å²) in [6.45, 7) is 9.97. The molecule has 0 bridgehead atoms. The van der Waals surface area contributed by atoms with E-state index < -0.39 is 0 Å². The fourth-order valence-electron chi connectivity index (χ4n) is 1.74. The van der Waals surface area contributed by atoms with Gasteiger partial charge in [-0.05, 0) is 31.0 Å². The second-order valence-corrected chi connectivity index (χ2v) is 5.66. The van der Waals surface area contributed by atoms with Crippen LogP contribution >= 0.6 is 0 Å². The third kappa shape index (κ3) is 3.24. The van der Waals surface area contributed by atoms with Gasteiger partial charge in [-0.25, -0.2) is 0 Å². The number of para-hydroxylation sites is 1. The van der Waals surface area contributed by atoms with Gasteiger partial charge >= 0.3 is 0 Å². The minimum absolute atomic E-state index is 0.290. The Labute approximate surface area is 99.5 Å². The molecule has 0 aliphatic rings. The molecule has 0 heterocycles. The van der Waals surface area contributed by atoms with E-state index in [-0.39, 0.29) is 5.41 Å². The highest BCUT2D eigenvalue weighted by Gasteiger charge is 2.23. The monoisotopic (exact) mass is 220 g/mol. The van der Waals surface area contributed by atoms with Crippen LogP contribution < -0.4 is 5.73 Å². The maximum atomic E-state index is 5.95. The lowest BCUT2D eigenvalue weighted by atomic mass is 9.87. The quantitative estimate of drug-likeness (QED) is 0.793. The van der Waals surface area contributed by atoms with Crippen molar-refractivity contribution in [2.24, 2.45) is 5.41 Å². The average molecular weight is 220 g/mol. The summed E-state index contributed by atoms with van der Waals surface area (Å²) >= 11 is 0. The average Bonchev–Trinajstić information content (AvgIpc) is 2.19. The highest BCUT2D eigenvalue weighted by molar-refractivity contribution is 5.46. The Hall–Kier alpha value is -1.02. The molecule has 16 heavy (non-hydrogen) atoms. The van der Waals surface area contributed by atoms with Crippen LogP contribution in [0.15, 0.2) is 24.3 Å². The summed E-state index contributed by atoms with van der Waals surface area (Å²) in [5.74, 6) is 0. The normalized spacial score (nSPS) is 14.1. The fourth-order valence-corrected chi connectivity index (χ4v) is 1.74. The van der Waals surface area contributed by atoms with E-state index in [4.69, 9.17) is 5.73 Å². The summed E-state index contributed by atoms with van der Waals surface area (Å²) in [6.07, 6.45) is 0. The first-order chi connectivity index (χ1) is 7.32. The molecule has 1 aromatic rings. The standard InChI is InChI=1S/C14H24N2/c1-11(14(2,3)4)16(5)10-12-8-6-7-9-13(12)15/h6-9,11H,10,15H2,1-5H3. The number of anilines is 1. The maximum Gasteiger partial charge on any atom is 0.0359 e. The molecule has 90 valence electrons. The Morgan fingerprint density at radius 2 is 1.81 bits per heavy atom. The van der Waals surface area contributed by atoms with Crippen molar-refractivity contribution < 1.29 is 0 Å². The molecule has 0 aliphatic carbocycles. The highest BCUT2D eigenvalue weighted by Crippen LogP contribution is 2.25. The number of benzene rings is 1. The number of nitrogens with two attached hydrogens (primary N) is 1. The first-order valence-corrected chi connectivity index (χ1v) is 5.86. The van der Waals surface area contributed by atoms with E-state index >= 15 is 0 Å².